The maximum atomic E-state index is 12.1. The van der Waals surface area contributed by atoms with Crippen molar-refractivity contribution in [2.24, 2.45) is 0 Å². The van der Waals surface area contributed by atoms with Crippen molar-refractivity contribution in [2.45, 2.75) is 12.4 Å². The number of carbonyl (C=O) groups is 2. The van der Waals surface area contributed by atoms with Gasteiger partial charge in [-0.3, -0.25) is 9.59 Å². The predicted molar refractivity (Wildman–Crippen MR) is 95.5 cm³/mol. The van der Waals surface area contributed by atoms with E-state index in [1.807, 2.05) is 36.5 Å². The quantitative estimate of drug-likeness (QED) is 0.730. The van der Waals surface area contributed by atoms with E-state index in [2.05, 4.69) is 15.4 Å². The third kappa shape index (κ3) is 6.57. The Morgan fingerprint density at radius 2 is 1.81 bits per heavy atom. The minimum atomic E-state index is -4.80. The van der Waals surface area contributed by atoms with Crippen LogP contribution in [0.5, 0.6) is 5.75 Å². The van der Waals surface area contributed by atoms with Gasteiger partial charge in [-0.15, -0.1) is 24.5 Å². The fourth-order valence-electron chi connectivity index (χ4n) is 2.22. The summed E-state index contributed by atoms with van der Waals surface area (Å²) >= 11 is 1.54. The Labute approximate surface area is 157 Å². The topological polar surface area (TPSA) is 70.7 Å². The molecular weight excluding hydrogens is 383 g/mol. The van der Waals surface area contributed by atoms with Gasteiger partial charge < -0.3 is 20.3 Å². The molecule has 2 amide bonds. The first-order valence-corrected chi connectivity index (χ1v) is 8.68. The Kier molecular flexibility index (Phi) is 6.81. The minimum Gasteiger partial charge on any atom is -0.406 e. The monoisotopic (exact) mass is 401 g/mol. The highest BCUT2D eigenvalue weighted by molar-refractivity contribution is 7.10. The van der Waals surface area contributed by atoms with E-state index < -0.39 is 23.9 Å². The number of likely N-dealkylation sites (N-methyl/N-ethyl adjacent to an activating group) is 1. The van der Waals surface area contributed by atoms with Gasteiger partial charge >= 0.3 is 18.2 Å². The van der Waals surface area contributed by atoms with Gasteiger partial charge in [0, 0.05) is 17.1 Å². The van der Waals surface area contributed by atoms with Gasteiger partial charge in [-0.1, -0.05) is 6.07 Å². The highest BCUT2D eigenvalue weighted by Crippen LogP contribution is 2.24. The number of carbonyl (C=O) groups excluding carboxylic acids is 2. The normalized spacial score (nSPS) is 12.5. The van der Waals surface area contributed by atoms with Crippen LogP contribution < -0.4 is 15.4 Å². The second kappa shape index (κ2) is 8.87. The van der Waals surface area contributed by atoms with Crippen LogP contribution in [0.2, 0.25) is 0 Å². The molecule has 2 rings (SSSR count). The molecule has 0 spiro atoms. The van der Waals surface area contributed by atoms with Crippen LogP contribution in [-0.4, -0.2) is 43.7 Å². The number of nitrogens with one attached hydrogen (secondary N) is 2. The molecule has 2 aromatic rings. The minimum absolute atomic E-state index is 0.0828. The molecule has 2 N–H and O–H groups in total. The third-order valence-electron chi connectivity index (χ3n) is 3.50. The van der Waals surface area contributed by atoms with Crippen LogP contribution in [0.1, 0.15) is 10.9 Å². The van der Waals surface area contributed by atoms with E-state index in [0.717, 1.165) is 17.0 Å². The van der Waals surface area contributed by atoms with E-state index >= 15 is 0 Å². The molecule has 0 bridgehead atoms. The highest BCUT2D eigenvalue weighted by Gasteiger charge is 2.31. The fourth-order valence-corrected chi connectivity index (χ4v) is 3.14. The standard InChI is InChI=1S/C17H18F3N3O3S/c1-23(2)13(14-4-3-9-27-14)10-21-15(24)16(25)22-11-5-7-12(8-6-11)26-17(18,19)20/h3-9,13H,10H2,1-2H3,(H,21,24)(H,22,25)/t13-/m0/s1. The molecule has 1 atom stereocenters. The predicted octanol–water partition coefficient (Wildman–Crippen LogP) is 3.00. The number of alkyl halides is 3. The molecule has 1 aromatic carbocycles. The van der Waals surface area contributed by atoms with Gasteiger partial charge in [0.2, 0.25) is 0 Å². The van der Waals surface area contributed by atoms with E-state index in [4.69, 9.17) is 0 Å². The van der Waals surface area contributed by atoms with Gasteiger partial charge in [-0.05, 0) is 49.8 Å². The number of ether oxygens (including phenoxy) is 1. The number of nitrogens with zero attached hydrogens (tertiary/aromatic N) is 1. The average Bonchev–Trinajstić information content (AvgIpc) is 3.09. The first-order chi connectivity index (χ1) is 12.7. The zero-order valence-electron chi connectivity index (χ0n) is 14.5. The Morgan fingerprint density at radius 1 is 1.15 bits per heavy atom. The van der Waals surface area contributed by atoms with Crippen molar-refractivity contribution in [1.29, 1.82) is 0 Å². The van der Waals surface area contributed by atoms with Crippen LogP contribution in [0.15, 0.2) is 41.8 Å². The van der Waals surface area contributed by atoms with Crippen molar-refractivity contribution in [3.63, 3.8) is 0 Å². The zero-order chi connectivity index (χ0) is 20.0. The lowest BCUT2D eigenvalue weighted by Crippen LogP contribution is -2.40. The first-order valence-electron chi connectivity index (χ1n) is 7.80. The number of rotatable bonds is 6. The number of hydrogen-bond acceptors (Lipinski definition) is 5. The van der Waals surface area contributed by atoms with Crippen LogP contribution in [0.4, 0.5) is 18.9 Å². The molecular formula is C17H18F3N3O3S. The summed E-state index contributed by atoms with van der Waals surface area (Å²) in [5, 5.41) is 6.80. The summed E-state index contributed by atoms with van der Waals surface area (Å²) in [5.41, 5.74) is 0.173. The van der Waals surface area contributed by atoms with Crippen LogP contribution in [0.25, 0.3) is 0 Å². The summed E-state index contributed by atoms with van der Waals surface area (Å²) in [4.78, 5) is 26.9. The van der Waals surface area contributed by atoms with Gasteiger partial charge in [-0.2, -0.15) is 0 Å². The van der Waals surface area contributed by atoms with Crippen molar-refractivity contribution in [2.75, 3.05) is 26.0 Å². The summed E-state index contributed by atoms with van der Waals surface area (Å²) < 4.78 is 40.1. The van der Waals surface area contributed by atoms with Crippen molar-refractivity contribution in [3.8, 4) is 5.75 Å². The average molecular weight is 401 g/mol. The molecule has 0 unspecified atom stereocenters. The molecule has 0 aliphatic carbocycles. The second-order valence-corrected chi connectivity index (χ2v) is 6.71. The van der Waals surface area contributed by atoms with Gasteiger partial charge in [0.25, 0.3) is 0 Å². The highest BCUT2D eigenvalue weighted by atomic mass is 32.1. The smallest absolute Gasteiger partial charge is 0.406 e. The molecule has 10 heteroatoms. The van der Waals surface area contributed by atoms with E-state index in [1.165, 1.54) is 12.1 Å². The van der Waals surface area contributed by atoms with Gasteiger partial charge in [0.15, 0.2) is 0 Å². The maximum Gasteiger partial charge on any atom is 0.573 e. The molecule has 146 valence electrons. The molecule has 0 saturated heterocycles. The Hall–Kier alpha value is -2.59. The first kappa shape index (κ1) is 20.7. The maximum absolute atomic E-state index is 12.1. The number of benzene rings is 1. The molecule has 0 fully saturated rings. The molecule has 0 aliphatic heterocycles. The molecule has 27 heavy (non-hydrogen) atoms. The summed E-state index contributed by atoms with van der Waals surface area (Å²) in [7, 11) is 3.72. The largest absolute Gasteiger partial charge is 0.573 e. The molecule has 6 nitrogen and oxygen atoms in total. The van der Waals surface area contributed by atoms with Crippen LogP contribution >= 0.6 is 11.3 Å². The number of hydrogen-bond donors (Lipinski definition) is 2. The molecule has 0 aliphatic rings. The van der Waals surface area contributed by atoms with Gasteiger partial charge in [0.05, 0.1) is 6.04 Å². The summed E-state index contributed by atoms with van der Waals surface area (Å²) in [6.07, 6.45) is -4.80. The van der Waals surface area contributed by atoms with E-state index in [1.54, 1.807) is 11.3 Å². The number of halogens is 3. The number of amides is 2. The van der Waals surface area contributed by atoms with Crippen LogP contribution in [0, 0.1) is 0 Å². The summed E-state index contributed by atoms with van der Waals surface area (Å²) in [6, 6.07) is 8.25. The molecule has 1 heterocycles. The van der Waals surface area contributed by atoms with Crippen molar-refractivity contribution >= 4 is 28.8 Å². The van der Waals surface area contributed by atoms with Crippen LogP contribution in [-0.2, 0) is 9.59 Å². The lowest BCUT2D eigenvalue weighted by molar-refractivity contribution is -0.274. The summed E-state index contributed by atoms with van der Waals surface area (Å²) in [5.74, 6) is -2.17. The Morgan fingerprint density at radius 3 is 2.33 bits per heavy atom. The zero-order valence-corrected chi connectivity index (χ0v) is 15.4. The Bertz CT molecular complexity index is 762. The van der Waals surface area contributed by atoms with E-state index in [9.17, 15) is 22.8 Å². The molecule has 1 aromatic heterocycles. The Balaban J connectivity index is 1.89. The van der Waals surface area contributed by atoms with Crippen molar-refractivity contribution in [3.05, 3.63) is 46.7 Å². The lowest BCUT2D eigenvalue weighted by atomic mass is 10.2. The van der Waals surface area contributed by atoms with Crippen molar-refractivity contribution < 1.29 is 27.5 Å². The third-order valence-corrected chi connectivity index (χ3v) is 4.48. The molecule has 0 radical (unpaired) electrons. The SMILES string of the molecule is CN(C)[C@@H](CNC(=O)C(=O)Nc1ccc(OC(F)(F)F)cc1)c1cccs1. The van der Waals surface area contributed by atoms with Gasteiger partial charge in [0.1, 0.15) is 5.75 Å². The molecule has 0 saturated carbocycles. The van der Waals surface area contributed by atoms with Crippen LogP contribution in [0.3, 0.4) is 0 Å². The fraction of sp³-hybridized carbons (Fsp3) is 0.294. The summed E-state index contributed by atoms with van der Waals surface area (Å²) in [6.45, 7) is 0.234. The van der Waals surface area contributed by atoms with Gasteiger partial charge in [-0.25, -0.2) is 0 Å². The lowest BCUT2D eigenvalue weighted by Gasteiger charge is -2.23. The number of anilines is 1. The number of thiophene rings is 1. The second-order valence-electron chi connectivity index (χ2n) is 5.73. The van der Waals surface area contributed by atoms with Crippen molar-refractivity contribution in [1.82, 2.24) is 10.2 Å². The van der Waals surface area contributed by atoms with E-state index in [0.29, 0.717) is 0 Å². The van der Waals surface area contributed by atoms with E-state index in [-0.39, 0.29) is 18.3 Å².